The van der Waals surface area contributed by atoms with Crippen molar-refractivity contribution in [1.82, 2.24) is 0 Å². The summed E-state index contributed by atoms with van der Waals surface area (Å²) in [6.45, 7) is 0.101. The maximum Gasteiger partial charge on any atom is 0.248 e. The molecular formula is C21H17NO3. The molecule has 1 unspecified atom stereocenters. The third-order valence-electron chi connectivity index (χ3n) is 4.32. The molecule has 1 amide bonds. The monoisotopic (exact) mass is 331 g/mol. The third kappa shape index (κ3) is 2.99. The normalized spacial score (nSPS) is 17.8. The summed E-state index contributed by atoms with van der Waals surface area (Å²) in [5.74, 6) is 0.0791. The van der Waals surface area contributed by atoms with Crippen LogP contribution in [0.4, 0.5) is 0 Å². The number of fused-ring (bicyclic) bond motifs is 2. The molecule has 2 aromatic carbocycles. The first-order valence-corrected chi connectivity index (χ1v) is 8.06. The third-order valence-corrected chi connectivity index (χ3v) is 4.32. The Kier molecular flexibility index (Phi) is 3.96. The lowest BCUT2D eigenvalue weighted by molar-refractivity contribution is -0.00815. The van der Waals surface area contributed by atoms with Gasteiger partial charge < -0.3 is 15.2 Å². The minimum atomic E-state index is -0.479. The number of carbonyl (C=O) groups is 1. The van der Waals surface area contributed by atoms with Crippen LogP contribution < -0.4 is 10.5 Å². The molecule has 0 spiro atoms. The molecular weight excluding hydrogens is 314 g/mol. The molecule has 0 heterocycles. The Balaban J connectivity index is 1.39. The van der Waals surface area contributed by atoms with Crippen molar-refractivity contribution in [2.75, 3.05) is 6.79 Å². The highest BCUT2D eigenvalue weighted by Crippen LogP contribution is 2.42. The first kappa shape index (κ1) is 15.4. The summed E-state index contributed by atoms with van der Waals surface area (Å²) in [6, 6.07) is 17.0. The number of primary amides is 1. The predicted octanol–water partition coefficient (Wildman–Crippen LogP) is 3.47. The van der Waals surface area contributed by atoms with Crippen LogP contribution in [-0.4, -0.2) is 18.8 Å². The number of nitrogens with two attached hydrogens (primary N) is 1. The maximum atomic E-state index is 11.2. The van der Waals surface area contributed by atoms with Crippen LogP contribution in [0.3, 0.4) is 0 Å². The number of amides is 1. The number of rotatable bonds is 6. The van der Waals surface area contributed by atoms with E-state index >= 15 is 0 Å². The second kappa shape index (κ2) is 6.42. The summed E-state index contributed by atoms with van der Waals surface area (Å²) in [5.41, 5.74) is 10.3. The minimum absolute atomic E-state index is 0.0699. The number of hydrogen-bond donors (Lipinski definition) is 1. The van der Waals surface area contributed by atoms with Crippen LogP contribution in [-0.2, 0) is 4.74 Å². The second-order valence-corrected chi connectivity index (χ2v) is 5.91. The topological polar surface area (TPSA) is 61.6 Å². The zero-order valence-electron chi connectivity index (χ0n) is 13.5. The van der Waals surface area contributed by atoms with Gasteiger partial charge in [0.2, 0.25) is 5.91 Å². The molecule has 1 atom stereocenters. The molecule has 0 saturated carbocycles. The highest BCUT2D eigenvalue weighted by molar-refractivity contribution is 5.93. The van der Waals surface area contributed by atoms with Crippen LogP contribution in [0, 0.1) is 0 Å². The molecule has 2 aromatic rings. The molecule has 2 aliphatic carbocycles. The summed E-state index contributed by atoms with van der Waals surface area (Å²) in [6.07, 6.45) is 6.27. The fourth-order valence-electron chi connectivity index (χ4n) is 3.02. The van der Waals surface area contributed by atoms with E-state index in [1.165, 1.54) is 11.1 Å². The molecule has 4 nitrogen and oxygen atoms in total. The Labute approximate surface area is 145 Å². The second-order valence-electron chi connectivity index (χ2n) is 5.91. The van der Waals surface area contributed by atoms with Gasteiger partial charge in [-0.2, -0.15) is 0 Å². The van der Waals surface area contributed by atoms with Crippen LogP contribution in [0.25, 0.3) is 5.57 Å². The molecule has 4 rings (SSSR count). The van der Waals surface area contributed by atoms with E-state index in [0.29, 0.717) is 11.3 Å². The van der Waals surface area contributed by atoms with Gasteiger partial charge in [0.05, 0.1) is 0 Å². The first-order chi connectivity index (χ1) is 12.2. The fourth-order valence-corrected chi connectivity index (χ4v) is 3.02. The molecule has 0 saturated heterocycles. The Morgan fingerprint density at radius 2 is 1.88 bits per heavy atom. The molecule has 0 radical (unpaired) electrons. The standard InChI is InChI=1S/C21H17NO3/c22-21(23)16-7-4-8-17(11-16)24-13-25-20-15-9-10-18(19(20)12-15)14-5-2-1-3-6-14/h1-12,20H,13H2,(H2,22,23). The van der Waals surface area contributed by atoms with Gasteiger partial charge in [0.25, 0.3) is 0 Å². The first-order valence-electron chi connectivity index (χ1n) is 8.06. The molecule has 0 fully saturated rings. The lowest BCUT2D eigenvalue weighted by Crippen LogP contribution is -2.30. The van der Waals surface area contributed by atoms with Crippen LogP contribution in [0.1, 0.15) is 15.9 Å². The highest BCUT2D eigenvalue weighted by atomic mass is 16.7. The highest BCUT2D eigenvalue weighted by Gasteiger charge is 2.33. The van der Waals surface area contributed by atoms with Crippen molar-refractivity contribution in [2.24, 2.45) is 5.73 Å². The molecule has 2 bridgehead atoms. The van der Waals surface area contributed by atoms with Gasteiger partial charge in [0.1, 0.15) is 11.9 Å². The predicted molar refractivity (Wildman–Crippen MR) is 95.9 cm³/mol. The van der Waals surface area contributed by atoms with Crippen molar-refractivity contribution < 1.29 is 14.3 Å². The van der Waals surface area contributed by atoms with Crippen molar-refractivity contribution in [3.8, 4) is 5.75 Å². The molecule has 0 aromatic heterocycles. The average Bonchev–Trinajstić information content (AvgIpc) is 2.66. The number of benzene rings is 2. The summed E-state index contributed by atoms with van der Waals surface area (Å²) in [5, 5.41) is 0. The molecule has 2 N–H and O–H groups in total. The Bertz CT molecular complexity index is 907. The van der Waals surface area contributed by atoms with Crippen molar-refractivity contribution in [1.29, 1.82) is 0 Å². The van der Waals surface area contributed by atoms with Gasteiger partial charge in [0.15, 0.2) is 6.79 Å². The van der Waals surface area contributed by atoms with E-state index in [2.05, 4.69) is 30.4 Å². The van der Waals surface area contributed by atoms with Gasteiger partial charge >= 0.3 is 0 Å². The van der Waals surface area contributed by atoms with Crippen LogP contribution >= 0.6 is 0 Å². The van der Waals surface area contributed by atoms with Crippen molar-refractivity contribution in [2.45, 2.75) is 6.10 Å². The van der Waals surface area contributed by atoms with E-state index in [1.807, 2.05) is 18.2 Å². The van der Waals surface area contributed by atoms with Crippen molar-refractivity contribution in [3.05, 3.63) is 95.1 Å². The average molecular weight is 331 g/mol. The van der Waals surface area contributed by atoms with Crippen molar-refractivity contribution in [3.63, 3.8) is 0 Å². The van der Waals surface area contributed by atoms with E-state index in [4.69, 9.17) is 15.2 Å². The lowest BCUT2D eigenvalue weighted by Gasteiger charge is -2.34. The summed E-state index contributed by atoms with van der Waals surface area (Å²) in [4.78, 5) is 11.2. The van der Waals surface area contributed by atoms with Gasteiger partial charge in [-0.05, 0) is 46.6 Å². The molecule has 2 aliphatic rings. The summed E-state index contributed by atoms with van der Waals surface area (Å²) in [7, 11) is 0. The molecule has 4 heteroatoms. The van der Waals surface area contributed by atoms with E-state index < -0.39 is 5.91 Å². The Morgan fingerprint density at radius 3 is 2.64 bits per heavy atom. The fraction of sp³-hybridized carbons (Fsp3) is 0.0952. The molecule has 0 aliphatic heterocycles. The van der Waals surface area contributed by atoms with E-state index in [1.54, 1.807) is 24.3 Å². The van der Waals surface area contributed by atoms with E-state index in [0.717, 1.165) is 11.1 Å². The van der Waals surface area contributed by atoms with E-state index in [9.17, 15) is 4.79 Å². The van der Waals surface area contributed by atoms with Crippen LogP contribution in [0.2, 0.25) is 0 Å². The van der Waals surface area contributed by atoms with Crippen LogP contribution in [0.15, 0.2) is 84.0 Å². The Hall–Kier alpha value is -3.11. The maximum absolute atomic E-state index is 11.2. The van der Waals surface area contributed by atoms with Gasteiger partial charge in [-0.1, -0.05) is 48.6 Å². The van der Waals surface area contributed by atoms with Gasteiger partial charge in [-0.25, -0.2) is 0 Å². The lowest BCUT2D eigenvalue weighted by atomic mass is 9.77. The smallest absolute Gasteiger partial charge is 0.248 e. The van der Waals surface area contributed by atoms with Gasteiger partial charge in [-0.3, -0.25) is 4.79 Å². The molecule has 124 valence electrons. The zero-order chi connectivity index (χ0) is 17.2. The zero-order valence-corrected chi connectivity index (χ0v) is 13.5. The quantitative estimate of drug-likeness (QED) is 0.825. The van der Waals surface area contributed by atoms with Gasteiger partial charge in [0, 0.05) is 5.56 Å². The van der Waals surface area contributed by atoms with E-state index in [-0.39, 0.29) is 12.9 Å². The van der Waals surface area contributed by atoms with Gasteiger partial charge in [-0.15, -0.1) is 0 Å². The number of carbonyl (C=O) groups excluding carboxylic acids is 1. The van der Waals surface area contributed by atoms with Crippen LogP contribution in [0.5, 0.6) is 5.75 Å². The largest absolute Gasteiger partial charge is 0.467 e. The number of hydrogen-bond acceptors (Lipinski definition) is 3. The summed E-state index contributed by atoms with van der Waals surface area (Å²) >= 11 is 0. The van der Waals surface area contributed by atoms with Crippen molar-refractivity contribution >= 4 is 11.5 Å². The molecule has 25 heavy (non-hydrogen) atoms. The number of ether oxygens (including phenoxy) is 2. The number of allylic oxidation sites excluding steroid dienone is 2. The minimum Gasteiger partial charge on any atom is -0.467 e. The summed E-state index contributed by atoms with van der Waals surface area (Å²) < 4.78 is 11.5. The SMILES string of the molecule is NC(=O)c1cccc(OCOC2c3ccc(-c4ccccc4)c2c3)c1. The Morgan fingerprint density at radius 1 is 1.04 bits per heavy atom.